The molecule has 126 valence electrons. The number of nitrogens with zero attached hydrogens (tertiary/aromatic N) is 1. The minimum Gasteiger partial charge on any atom is -0.504 e. The van der Waals surface area contributed by atoms with Crippen molar-refractivity contribution in [2.45, 2.75) is 6.42 Å². The van der Waals surface area contributed by atoms with E-state index in [0.717, 1.165) is 20.8 Å². The topological polar surface area (TPSA) is 81.9 Å². The van der Waals surface area contributed by atoms with Crippen LogP contribution in [0, 0.1) is 0 Å². The fraction of sp³-hybridized carbons (Fsp3) is 0.0526. The van der Waals surface area contributed by atoms with E-state index in [1.807, 2.05) is 36.4 Å². The van der Waals surface area contributed by atoms with Crippen LogP contribution in [0.2, 0.25) is 0 Å². The lowest BCUT2D eigenvalue weighted by Gasteiger charge is -2.07. The van der Waals surface area contributed by atoms with E-state index in [4.69, 9.17) is 0 Å². The molecule has 0 spiro atoms. The Balaban J connectivity index is 1.70. The van der Waals surface area contributed by atoms with Crippen molar-refractivity contribution in [1.82, 2.24) is 5.43 Å². The molecule has 0 aliphatic carbocycles. The van der Waals surface area contributed by atoms with E-state index in [2.05, 4.69) is 26.5 Å². The van der Waals surface area contributed by atoms with Crippen molar-refractivity contribution in [3.05, 3.63) is 70.2 Å². The molecule has 0 aliphatic rings. The molecule has 0 heterocycles. The third-order valence-electron chi connectivity index (χ3n) is 3.71. The summed E-state index contributed by atoms with van der Waals surface area (Å²) < 4.78 is 0.984. The Morgan fingerprint density at radius 2 is 1.80 bits per heavy atom. The van der Waals surface area contributed by atoms with Crippen LogP contribution in [0.25, 0.3) is 10.8 Å². The van der Waals surface area contributed by atoms with Crippen molar-refractivity contribution < 1.29 is 15.0 Å². The minimum atomic E-state index is -0.244. The molecule has 0 aliphatic heterocycles. The Kier molecular flexibility index (Phi) is 5.00. The summed E-state index contributed by atoms with van der Waals surface area (Å²) in [5.74, 6) is -0.688. The number of benzene rings is 3. The number of hydrazone groups is 1. The summed E-state index contributed by atoms with van der Waals surface area (Å²) in [7, 11) is 0. The molecule has 0 saturated heterocycles. The van der Waals surface area contributed by atoms with Crippen LogP contribution in [0.1, 0.15) is 11.1 Å². The Labute approximate surface area is 152 Å². The number of amides is 1. The highest BCUT2D eigenvalue weighted by Crippen LogP contribution is 2.27. The van der Waals surface area contributed by atoms with Gasteiger partial charge in [0.25, 0.3) is 0 Å². The number of hydrogen-bond acceptors (Lipinski definition) is 4. The number of phenols is 2. The molecule has 3 aromatic rings. The summed E-state index contributed by atoms with van der Waals surface area (Å²) in [4.78, 5) is 12.1. The normalized spacial score (nSPS) is 11.1. The van der Waals surface area contributed by atoms with Gasteiger partial charge in [-0.2, -0.15) is 5.10 Å². The van der Waals surface area contributed by atoms with Gasteiger partial charge in [-0.3, -0.25) is 4.79 Å². The van der Waals surface area contributed by atoms with Gasteiger partial charge in [0.05, 0.1) is 12.6 Å². The number of aromatic hydroxyl groups is 2. The van der Waals surface area contributed by atoms with Crippen LogP contribution >= 0.6 is 15.9 Å². The number of fused-ring (bicyclic) bond motifs is 1. The van der Waals surface area contributed by atoms with Gasteiger partial charge in [0, 0.05) is 4.47 Å². The van der Waals surface area contributed by atoms with Crippen molar-refractivity contribution in [1.29, 1.82) is 0 Å². The number of carbonyl (C=O) groups excluding carboxylic acids is 1. The Hall–Kier alpha value is -2.86. The van der Waals surface area contributed by atoms with Crippen LogP contribution in [0.3, 0.4) is 0 Å². The zero-order chi connectivity index (χ0) is 17.8. The van der Waals surface area contributed by atoms with Gasteiger partial charge in [0.15, 0.2) is 11.5 Å². The fourth-order valence-corrected chi connectivity index (χ4v) is 2.97. The molecule has 0 radical (unpaired) electrons. The number of rotatable bonds is 4. The monoisotopic (exact) mass is 398 g/mol. The van der Waals surface area contributed by atoms with Crippen molar-refractivity contribution in [2.24, 2.45) is 5.10 Å². The Morgan fingerprint density at radius 1 is 1.04 bits per heavy atom. The highest BCUT2D eigenvalue weighted by Gasteiger charge is 2.08. The van der Waals surface area contributed by atoms with Gasteiger partial charge in [0.2, 0.25) is 5.91 Å². The van der Waals surface area contributed by atoms with Crippen molar-refractivity contribution in [3.63, 3.8) is 0 Å². The van der Waals surface area contributed by atoms with Gasteiger partial charge in [0.1, 0.15) is 0 Å². The molecular weight excluding hydrogens is 384 g/mol. The van der Waals surface area contributed by atoms with Gasteiger partial charge in [-0.1, -0.05) is 46.3 Å². The fourth-order valence-electron chi connectivity index (χ4n) is 2.49. The van der Waals surface area contributed by atoms with E-state index < -0.39 is 0 Å². The maximum Gasteiger partial charge on any atom is 0.244 e. The van der Waals surface area contributed by atoms with E-state index in [-0.39, 0.29) is 23.8 Å². The van der Waals surface area contributed by atoms with E-state index in [1.54, 1.807) is 6.07 Å². The lowest BCUT2D eigenvalue weighted by atomic mass is 10.0. The Morgan fingerprint density at radius 3 is 2.56 bits per heavy atom. The maximum atomic E-state index is 12.1. The highest BCUT2D eigenvalue weighted by atomic mass is 79.9. The van der Waals surface area contributed by atoms with Gasteiger partial charge in [-0.25, -0.2) is 5.43 Å². The molecule has 6 heteroatoms. The second-order valence-electron chi connectivity index (χ2n) is 5.47. The highest BCUT2D eigenvalue weighted by molar-refractivity contribution is 9.10. The van der Waals surface area contributed by atoms with Crippen molar-refractivity contribution >= 4 is 38.8 Å². The molecule has 0 saturated carbocycles. The van der Waals surface area contributed by atoms with Crippen LogP contribution in [0.15, 0.2) is 64.2 Å². The lowest BCUT2D eigenvalue weighted by molar-refractivity contribution is -0.120. The van der Waals surface area contributed by atoms with Crippen LogP contribution in [-0.4, -0.2) is 22.3 Å². The van der Waals surface area contributed by atoms with Crippen molar-refractivity contribution in [3.8, 4) is 11.5 Å². The summed E-state index contributed by atoms with van der Waals surface area (Å²) >= 11 is 3.51. The molecule has 25 heavy (non-hydrogen) atoms. The number of carbonyl (C=O) groups is 1. The summed E-state index contributed by atoms with van der Waals surface area (Å²) in [5.41, 5.74) is 3.94. The first-order valence-corrected chi connectivity index (χ1v) is 8.34. The average molecular weight is 399 g/mol. The molecule has 0 aromatic heterocycles. The van der Waals surface area contributed by atoms with Gasteiger partial charge >= 0.3 is 0 Å². The summed E-state index contributed by atoms with van der Waals surface area (Å²) in [6.45, 7) is 0. The molecule has 3 aromatic carbocycles. The van der Waals surface area contributed by atoms with E-state index in [1.165, 1.54) is 18.3 Å². The van der Waals surface area contributed by atoms with Crippen LogP contribution < -0.4 is 5.43 Å². The SMILES string of the molecule is O=C(Cc1ccc(Br)c2ccccc12)NN=Cc1ccc(O)c(O)c1. The molecule has 3 rings (SSSR count). The smallest absolute Gasteiger partial charge is 0.244 e. The number of hydrogen-bond donors (Lipinski definition) is 3. The van der Waals surface area contributed by atoms with Crippen LogP contribution in [0.4, 0.5) is 0 Å². The van der Waals surface area contributed by atoms with Gasteiger partial charge in [-0.15, -0.1) is 0 Å². The summed E-state index contributed by atoms with van der Waals surface area (Å²) in [5, 5.41) is 24.6. The minimum absolute atomic E-state index is 0.200. The predicted octanol–water partition coefficient (Wildman–Crippen LogP) is 3.71. The van der Waals surface area contributed by atoms with Crippen LogP contribution in [-0.2, 0) is 11.2 Å². The molecule has 0 atom stereocenters. The number of halogens is 1. The molecule has 3 N–H and O–H groups in total. The second-order valence-corrected chi connectivity index (χ2v) is 6.32. The predicted molar refractivity (Wildman–Crippen MR) is 101 cm³/mol. The van der Waals surface area contributed by atoms with Gasteiger partial charge in [-0.05, 0) is 46.2 Å². The maximum absolute atomic E-state index is 12.1. The number of phenolic OH excluding ortho intramolecular Hbond substituents is 2. The largest absolute Gasteiger partial charge is 0.504 e. The third-order valence-corrected chi connectivity index (χ3v) is 4.41. The zero-order valence-electron chi connectivity index (χ0n) is 13.1. The van der Waals surface area contributed by atoms with Gasteiger partial charge < -0.3 is 10.2 Å². The quantitative estimate of drug-likeness (QED) is 0.356. The van der Waals surface area contributed by atoms with E-state index in [0.29, 0.717) is 5.56 Å². The van der Waals surface area contributed by atoms with Crippen LogP contribution in [0.5, 0.6) is 11.5 Å². The zero-order valence-corrected chi connectivity index (χ0v) is 14.7. The molecule has 0 fully saturated rings. The molecule has 0 bridgehead atoms. The molecule has 5 nitrogen and oxygen atoms in total. The second kappa shape index (κ2) is 7.36. The first kappa shape index (κ1) is 17.0. The molecular formula is C19H15BrN2O3. The third kappa shape index (κ3) is 3.97. The summed E-state index contributed by atoms with van der Waals surface area (Å²) in [6.07, 6.45) is 1.60. The number of nitrogens with one attached hydrogen (secondary N) is 1. The van der Waals surface area contributed by atoms with E-state index in [9.17, 15) is 15.0 Å². The Bertz CT molecular complexity index is 970. The first-order chi connectivity index (χ1) is 12.0. The average Bonchev–Trinajstić information content (AvgIpc) is 2.61. The molecule has 0 unspecified atom stereocenters. The van der Waals surface area contributed by atoms with E-state index >= 15 is 0 Å². The van der Waals surface area contributed by atoms with Crippen molar-refractivity contribution in [2.75, 3.05) is 0 Å². The lowest BCUT2D eigenvalue weighted by Crippen LogP contribution is -2.19. The summed E-state index contributed by atoms with van der Waals surface area (Å²) in [6, 6.07) is 16.0. The first-order valence-electron chi connectivity index (χ1n) is 7.54. The standard InChI is InChI=1S/C19H15BrN2O3/c20-16-7-6-13(14-3-1-2-4-15(14)16)10-19(25)22-21-11-12-5-8-17(23)18(24)9-12/h1-9,11,23-24H,10H2,(H,22,25). The molecule has 1 amide bonds.